The third-order valence-corrected chi connectivity index (χ3v) is 3.32. The Morgan fingerprint density at radius 2 is 2.33 bits per heavy atom. The van der Waals surface area contributed by atoms with Crippen LogP contribution in [0.5, 0.6) is 0 Å². The van der Waals surface area contributed by atoms with E-state index in [4.69, 9.17) is 4.74 Å². The van der Waals surface area contributed by atoms with Crippen LogP contribution in [-0.4, -0.2) is 37.8 Å². The lowest BCUT2D eigenvalue weighted by molar-refractivity contribution is 0.124. The summed E-state index contributed by atoms with van der Waals surface area (Å²) in [4.78, 5) is 6.61. The maximum atomic E-state index is 5.29. The van der Waals surface area contributed by atoms with Gasteiger partial charge in [-0.05, 0) is 31.9 Å². The Balaban J connectivity index is 1.92. The second-order valence-electron chi connectivity index (χ2n) is 5.09. The zero-order valence-corrected chi connectivity index (χ0v) is 11.5. The second-order valence-corrected chi connectivity index (χ2v) is 5.09. The smallest absolute Gasteiger partial charge is 0.0717 e. The molecule has 0 radical (unpaired) electrons. The number of aromatic nitrogens is 1. The van der Waals surface area contributed by atoms with Crippen LogP contribution in [0, 0.1) is 0 Å². The molecule has 1 heterocycles. The van der Waals surface area contributed by atoms with E-state index in [-0.39, 0.29) is 6.10 Å². The number of nitrogens with one attached hydrogen (secondary N) is 1. The van der Waals surface area contributed by atoms with E-state index < -0.39 is 0 Å². The molecule has 0 saturated heterocycles. The highest BCUT2D eigenvalue weighted by Gasteiger charge is 2.20. The van der Waals surface area contributed by atoms with Crippen molar-refractivity contribution in [1.82, 2.24) is 10.3 Å². The standard InChI is InChI=1S/C14H23N3O/c1-11(18-3)10-17(2)14-6-7-15-13(8-14)9-16-12-4-5-12/h6-8,11-12,16H,4-5,9-10H2,1-3H3. The maximum Gasteiger partial charge on any atom is 0.0717 e. The van der Waals surface area contributed by atoms with Crippen molar-refractivity contribution >= 4 is 5.69 Å². The van der Waals surface area contributed by atoms with Crippen molar-refractivity contribution in [3.8, 4) is 0 Å². The summed E-state index contributed by atoms with van der Waals surface area (Å²) in [6.07, 6.45) is 4.74. The molecule has 0 spiro atoms. The quantitative estimate of drug-likeness (QED) is 0.799. The number of rotatable bonds is 7. The molecule has 1 unspecified atom stereocenters. The molecule has 0 aromatic carbocycles. The summed E-state index contributed by atoms with van der Waals surface area (Å²) in [6, 6.07) is 4.92. The van der Waals surface area contributed by atoms with E-state index in [1.54, 1.807) is 7.11 Å². The number of hydrogen-bond donors (Lipinski definition) is 1. The third-order valence-electron chi connectivity index (χ3n) is 3.32. The lowest BCUT2D eigenvalue weighted by atomic mass is 10.2. The van der Waals surface area contributed by atoms with Crippen molar-refractivity contribution in [2.75, 3.05) is 25.6 Å². The Morgan fingerprint density at radius 3 is 3.00 bits per heavy atom. The number of hydrogen-bond acceptors (Lipinski definition) is 4. The second kappa shape index (κ2) is 6.16. The molecular weight excluding hydrogens is 226 g/mol. The highest BCUT2D eigenvalue weighted by molar-refractivity contribution is 5.45. The van der Waals surface area contributed by atoms with Gasteiger partial charge in [-0.15, -0.1) is 0 Å². The molecule has 4 nitrogen and oxygen atoms in total. The largest absolute Gasteiger partial charge is 0.380 e. The van der Waals surface area contributed by atoms with Crippen LogP contribution in [0.25, 0.3) is 0 Å². The Hall–Kier alpha value is -1.13. The molecule has 4 heteroatoms. The molecule has 0 bridgehead atoms. The predicted molar refractivity (Wildman–Crippen MR) is 73.8 cm³/mol. The number of pyridine rings is 1. The van der Waals surface area contributed by atoms with Crippen LogP contribution < -0.4 is 10.2 Å². The third kappa shape index (κ3) is 3.96. The van der Waals surface area contributed by atoms with Gasteiger partial charge in [0.15, 0.2) is 0 Å². The van der Waals surface area contributed by atoms with Gasteiger partial charge in [-0.2, -0.15) is 0 Å². The molecule has 1 atom stereocenters. The SMILES string of the molecule is COC(C)CN(C)c1ccnc(CNC2CC2)c1. The molecule has 18 heavy (non-hydrogen) atoms. The summed E-state index contributed by atoms with van der Waals surface area (Å²) in [6.45, 7) is 3.83. The van der Waals surface area contributed by atoms with E-state index in [2.05, 4.69) is 35.2 Å². The summed E-state index contributed by atoms with van der Waals surface area (Å²) in [5.74, 6) is 0. The molecule has 1 aliphatic rings. The first kappa shape index (κ1) is 13.3. The van der Waals surface area contributed by atoms with Crippen molar-refractivity contribution in [1.29, 1.82) is 0 Å². The van der Waals surface area contributed by atoms with Crippen molar-refractivity contribution in [3.05, 3.63) is 24.0 Å². The van der Waals surface area contributed by atoms with E-state index in [1.807, 2.05) is 12.3 Å². The number of ether oxygens (including phenoxy) is 1. The molecular formula is C14H23N3O. The van der Waals surface area contributed by atoms with Crippen LogP contribution in [0.15, 0.2) is 18.3 Å². The number of methoxy groups -OCH3 is 1. The molecule has 0 amide bonds. The van der Waals surface area contributed by atoms with Crippen LogP contribution in [0.4, 0.5) is 5.69 Å². The molecule has 1 aromatic heterocycles. The van der Waals surface area contributed by atoms with Gasteiger partial charge in [0, 0.05) is 45.2 Å². The van der Waals surface area contributed by atoms with Crippen molar-refractivity contribution in [2.24, 2.45) is 0 Å². The van der Waals surface area contributed by atoms with Gasteiger partial charge in [-0.25, -0.2) is 0 Å². The fourth-order valence-corrected chi connectivity index (χ4v) is 1.90. The van der Waals surface area contributed by atoms with E-state index in [0.717, 1.165) is 24.8 Å². The molecule has 1 saturated carbocycles. The first-order valence-electron chi connectivity index (χ1n) is 6.61. The van der Waals surface area contributed by atoms with Gasteiger partial charge in [0.05, 0.1) is 11.8 Å². The fourth-order valence-electron chi connectivity index (χ4n) is 1.90. The van der Waals surface area contributed by atoms with Crippen LogP contribution in [-0.2, 0) is 11.3 Å². The maximum absolute atomic E-state index is 5.29. The first-order chi connectivity index (χ1) is 8.69. The highest BCUT2D eigenvalue weighted by Crippen LogP contribution is 2.20. The Bertz CT molecular complexity index is 379. The van der Waals surface area contributed by atoms with E-state index in [1.165, 1.54) is 18.5 Å². The molecule has 0 aliphatic heterocycles. The Morgan fingerprint density at radius 1 is 1.56 bits per heavy atom. The minimum atomic E-state index is 0.233. The van der Waals surface area contributed by atoms with Crippen LogP contribution in [0.3, 0.4) is 0 Å². The van der Waals surface area contributed by atoms with Crippen molar-refractivity contribution in [2.45, 2.75) is 38.5 Å². The van der Waals surface area contributed by atoms with Gasteiger partial charge in [0.25, 0.3) is 0 Å². The van der Waals surface area contributed by atoms with Gasteiger partial charge in [-0.1, -0.05) is 0 Å². The number of likely N-dealkylation sites (N-methyl/N-ethyl adjacent to an activating group) is 1. The molecule has 1 aromatic rings. The average molecular weight is 249 g/mol. The van der Waals surface area contributed by atoms with Crippen molar-refractivity contribution < 1.29 is 4.74 Å². The van der Waals surface area contributed by atoms with Crippen molar-refractivity contribution in [3.63, 3.8) is 0 Å². The van der Waals surface area contributed by atoms with Gasteiger partial charge < -0.3 is 15.0 Å². The summed E-state index contributed by atoms with van der Waals surface area (Å²) in [5, 5.41) is 3.49. The van der Waals surface area contributed by atoms with Gasteiger partial charge >= 0.3 is 0 Å². The lowest BCUT2D eigenvalue weighted by Crippen LogP contribution is -2.28. The first-order valence-corrected chi connectivity index (χ1v) is 6.61. The summed E-state index contributed by atoms with van der Waals surface area (Å²) in [7, 11) is 3.83. The van der Waals surface area contributed by atoms with E-state index in [0.29, 0.717) is 0 Å². The average Bonchev–Trinajstić information content (AvgIpc) is 3.20. The Kier molecular flexibility index (Phi) is 4.55. The highest BCUT2D eigenvalue weighted by atomic mass is 16.5. The van der Waals surface area contributed by atoms with Crippen LogP contribution in [0.1, 0.15) is 25.5 Å². The van der Waals surface area contributed by atoms with Crippen LogP contribution in [0.2, 0.25) is 0 Å². The normalized spacial score (nSPS) is 16.6. The summed E-state index contributed by atoms with van der Waals surface area (Å²) in [5.41, 5.74) is 2.30. The molecule has 2 rings (SSSR count). The molecule has 100 valence electrons. The van der Waals surface area contributed by atoms with E-state index in [9.17, 15) is 0 Å². The summed E-state index contributed by atoms with van der Waals surface area (Å²) < 4.78 is 5.29. The topological polar surface area (TPSA) is 37.4 Å². The minimum Gasteiger partial charge on any atom is -0.380 e. The summed E-state index contributed by atoms with van der Waals surface area (Å²) >= 11 is 0. The fraction of sp³-hybridized carbons (Fsp3) is 0.643. The van der Waals surface area contributed by atoms with E-state index >= 15 is 0 Å². The van der Waals surface area contributed by atoms with Gasteiger partial charge in [0.1, 0.15) is 0 Å². The lowest BCUT2D eigenvalue weighted by Gasteiger charge is -2.23. The van der Waals surface area contributed by atoms with Gasteiger partial charge in [0.2, 0.25) is 0 Å². The number of nitrogens with zero attached hydrogens (tertiary/aromatic N) is 2. The Labute approximate surface area is 109 Å². The minimum absolute atomic E-state index is 0.233. The number of anilines is 1. The van der Waals surface area contributed by atoms with Crippen LogP contribution >= 0.6 is 0 Å². The monoisotopic (exact) mass is 249 g/mol. The molecule has 1 aliphatic carbocycles. The zero-order valence-electron chi connectivity index (χ0n) is 11.5. The zero-order chi connectivity index (χ0) is 13.0. The van der Waals surface area contributed by atoms with Gasteiger partial charge in [-0.3, -0.25) is 4.98 Å². The molecule has 1 N–H and O–H groups in total. The predicted octanol–water partition coefficient (Wildman–Crippen LogP) is 1.80. The molecule has 1 fully saturated rings.